The molecule has 0 N–H and O–H groups in total. The van der Waals surface area contributed by atoms with Crippen molar-refractivity contribution >= 4 is 131 Å². The fourth-order valence-corrected chi connectivity index (χ4v) is 23.0. The zero-order chi connectivity index (χ0) is 99.1. The molecule has 0 aliphatic rings. The van der Waals surface area contributed by atoms with Crippen molar-refractivity contribution in [1.82, 2.24) is 42.4 Å². The van der Waals surface area contributed by atoms with Gasteiger partial charge in [0, 0.05) is 134 Å². The minimum Gasteiger partial charge on any atom is -0.309 e. The van der Waals surface area contributed by atoms with Crippen LogP contribution < -0.4 is 0 Å². The molecule has 21 aromatic carbocycles. The monoisotopic (exact) mass is 1910 g/mol. The molecule has 0 aliphatic carbocycles. The average molecular weight is 1910 g/mol. The molecule has 30 aromatic rings. The number of pyridine rings is 3. The zero-order valence-corrected chi connectivity index (χ0v) is 81.7. The molecule has 0 atom stereocenters. The molecule has 9 heteroatoms. The molecule has 702 valence electrons. The van der Waals surface area contributed by atoms with Gasteiger partial charge in [-0.3, -0.25) is 13.7 Å². The van der Waals surface area contributed by atoms with Crippen LogP contribution >= 0.6 is 0 Å². The molecule has 0 unspecified atom stereocenters. The van der Waals surface area contributed by atoms with Gasteiger partial charge in [-0.25, -0.2) is 15.0 Å². The van der Waals surface area contributed by atoms with Crippen molar-refractivity contribution in [2.45, 2.75) is 0 Å². The lowest BCUT2D eigenvalue weighted by atomic mass is 10.00. The third-order valence-electron chi connectivity index (χ3n) is 29.9. The van der Waals surface area contributed by atoms with Crippen LogP contribution in [0.2, 0.25) is 0 Å². The van der Waals surface area contributed by atoms with E-state index in [1.807, 2.05) is 36.8 Å². The van der Waals surface area contributed by atoms with Crippen molar-refractivity contribution in [2.24, 2.45) is 0 Å². The molecule has 9 nitrogen and oxygen atoms in total. The van der Waals surface area contributed by atoms with Crippen LogP contribution in [-0.2, 0) is 0 Å². The van der Waals surface area contributed by atoms with E-state index in [9.17, 15) is 0 Å². The molecule has 9 aromatic heterocycles. The van der Waals surface area contributed by atoms with Crippen molar-refractivity contribution in [3.05, 3.63) is 565 Å². The normalized spacial score (nSPS) is 11.6. The molecule has 0 radical (unpaired) electrons. The van der Waals surface area contributed by atoms with Gasteiger partial charge in [0.2, 0.25) is 0 Å². The topological polar surface area (TPSA) is 68.2 Å². The van der Waals surface area contributed by atoms with Crippen LogP contribution in [0.3, 0.4) is 0 Å². The summed E-state index contributed by atoms with van der Waals surface area (Å²) in [7, 11) is 0. The quantitative estimate of drug-likeness (QED) is 0.103. The molecule has 0 saturated heterocycles. The van der Waals surface area contributed by atoms with Gasteiger partial charge in [-0.05, 0) is 229 Å². The summed E-state index contributed by atoms with van der Waals surface area (Å²) in [4.78, 5) is 14.7. The second kappa shape index (κ2) is 37.2. The van der Waals surface area contributed by atoms with E-state index in [4.69, 9.17) is 15.0 Å². The number of benzene rings is 21. The van der Waals surface area contributed by atoms with Crippen LogP contribution in [0.4, 0.5) is 0 Å². The maximum Gasteiger partial charge on any atom is 0.145 e. The summed E-state index contributed by atoms with van der Waals surface area (Å²) >= 11 is 0. The number of rotatable bonds is 15. The minimum absolute atomic E-state index is 0.954. The first-order valence-electron chi connectivity index (χ1n) is 51.2. The first-order chi connectivity index (χ1) is 74.4. The summed E-state index contributed by atoms with van der Waals surface area (Å²) in [5, 5.41) is 14.4. The largest absolute Gasteiger partial charge is 0.309 e. The maximum atomic E-state index is 4.92. The lowest BCUT2D eigenvalue weighted by molar-refractivity contribution is 1.14. The van der Waals surface area contributed by atoms with Gasteiger partial charge >= 0.3 is 0 Å². The van der Waals surface area contributed by atoms with Gasteiger partial charge in [0.05, 0.1) is 49.7 Å². The summed E-state index contributed by atoms with van der Waals surface area (Å²) < 4.78 is 14.2. The van der Waals surface area contributed by atoms with Crippen LogP contribution in [0.25, 0.3) is 265 Å². The lowest BCUT2D eigenvalue weighted by Crippen LogP contribution is -1.97. The van der Waals surface area contributed by atoms with E-state index in [0.717, 1.165) is 100 Å². The van der Waals surface area contributed by atoms with Crippen LogP contribution in [0.5, 0.6) is 0 Å². The molecule has 0 spiro atoms. The molecule has 0 amide bonds. The Morgan fingerprint density at radius 1 is 0.113 bits per heavy atom. The van der Waals surface area contributed by atoms with Crippen molar-refractivity contribution in [3.8, 4) is 134 Å². The lowest BCUT2D eigenvalue weighted by Gasteiger charge is -2.14. The summed E-state index contributed by atoms with van der Waals surface area (Å²) in [5.74, 6) is 0. The van der Waals surface area contributed by atoms with Crippen LogP contribution in [-0.4, -0.2) is 42.4 Å². The number of aromatic nitrogens is 9. The molecule has 9 heterocycles. The van der Waals surface area contributed by atoms with Crippen molar-refractivity contribution < 1.29 is 0 Å². The second-order valence-corrected chi connectivity index (χ2v) is 38.5. The van der Waals surface area contributed by atoms with Crippen molar-refractivity contribution in [3.63, 3.8) is 0 Å². The summed E-state index contributed by atoms with van der Waals surface area (Å²) in [5.41, 5.74) is 41.6. The van der Waals surface area contributed by atoms with Gasteiger partial charge in [-0.1, -0.05) is 400 Å². The van der Waals surface area contributed by atoms with Gasteiger partial charge in [-0.2, -0.15) is 0 Å². The smallest absolute Gasteiger partial charge is 0.145 e. The van der Waals surface area contributed by atoms with Gasteiger partial charge in [0.15, 0.2) is 0 Å². The Bertz CT molecular complexity index is 10400. The molecule has 0 fully saturated rings. The number of fused-ring (bicyclic) bond motifs is 18. The Morgan fingerprint density at radius 2 is 0.320 bits per heavy atom. The van der Waals surface area contributed by atoms with E-state index in [-0.39, 0.29) is 0 Å². The third-order valence-corrected chi connectivity index (χ3v) is 29.9. The standard InChI is InChI=1S/3C47H31N3/c1-3-13-32(14-4-1)34-17-9-19-37(29-34)49-44-25-8-7-21-40(44)42-23-11-22-39(46(42)49)36-26-27-41-43-24-12-28-48-47(43)50(45(41)31-36)38-20-10-18-35(30-38)33-15-5-2-6-16-33;1-3-12-32(13-4-1)34-23-26-37(27-24-34)50-45-31-36(25-28-41(45)43-21-11-29-48-47(43)50)39-19-10-20-42-40-18-7-8-22-44(40)49(46(39)42)38-17-9-16-35(30-38)33-14-5-2-6-15-33;1-3-11-32(12-4-1)34-20-25-37(26-21-34)49-44-19-8-7-15-40(44)42-17-9-16-39(46(42)49)36-24-29-41-43-18-10-30-48-47(43)50(45(41)31-36)38-27-22-35(23-28-38)33-13-5-2-6-14-33/h3*1-31H. The fourth-order valence-electron chi connectivity index (χ4n) is 23.0. The molecular weight excluding hydrogens is 1820 g/mol. The molecule has 0 saturated carbocycles. The summed E-state index contributed by atoms with van der Waals surface area (Å²) in [6, 6.07) is 196. The maximum absolute atomic E-state index is 4.92. The molecule has 150 heavy (non-hydrogen) atoms. The Labute approximate surface area is 866 Å². The first-order valence-corrected chi connectivity index (χ1v) is 51.2. The zero-order valence-electron chi connectivity index (χ0n) is 81.7. The van der Waals surface area contributed by atoms with E-state index in [0.29, 0.717) is 0 Å². The number of para-hydroxylation sites is 6. The number of nitrogens with zero attached hydrogens (tertiary/aromatic N) is 9. The van der Waals surface area contributed by atoms with Gasteiger partial charge in [0.1, 0.15) is 16.9 Å². The Morgan fingerprint density at radius 3 is 0.620 bits per heavy atom. The third kappa shape index (κ3) is 15.3. The predicted octanol–water partition coefficient (Wildman–Crippen LogP) is 36.8. The van der Waals surface area contributed by atoms with Crippen LogP contribution in [0.15, 0.2) is 565 Å². The predicted molar refractivity (Wildman–Crippen MR) is 628 cm³/mol. The average Bonchev–Trinajstić information content (AvgIpc) is 1.57. The summed E-state index contributed by atoms with van der Waals surface area (Å²) in [6.45, 7) is 0. The van der Waals surface area contributed by atoms with E-state index >= 15 is 0 Å². The highest BCUT2D eigenvalue weighted by atomic mass is 15.1. The minimum atomic E-state index is 0.954. The fraction of sp³-hybridized carbons (Fsp3) is 0. The molecule has 30 rings (SSSR count). The van der Waals surface area contributed by atoms with Crippen molar-refractivity contribution in [2.75, 3.05) is 0 Å². The Balaban J connectivity index is 0.000000108. The van der Waals surface area contributed by atoms with Gasteiger partial charge in [0.25, 0.3) is 0 Å². The highest BCUT2D eigenvalue weighted by molar-refractivity contribution is 6.20. The highest BCUT2D eigenvalue weighted by Crippen LogP contribution is 2.48. The number of hydrogen-bond donors (Lipinski definition) is 0. The van der Waals surface area contributed by atoms with E-state index in [1.54, 1.807) is 0 Å². The van der Waals surface area contributed by atoms with E-state index in [2.05, 4.69) is 555 Å². The molecule has 0 bridgehead atoms. The number of hydrogen-bond acceptors (Lipinski definition) is 3. The molecule has 0 aliphatic heterocycles. The Hall–Kier alpha value is -20.1. The van der Waals surface area contributed by atoms with E-state index in [1.165, 1.54) is 165 Å². The van der Waals surface area contributed by atoms with Gasteiger partial charge < -0.3 is 13.7 Å². The van der Waals surface area contributed by atoms with Gasteiger partial charge in [-0.15, -0.1) is 0 Å². The molecular formula is C141H93N9. The first kappa shape index (κ1) is 87.6. The SMILES string of the molecule is c1ccc(-c2ccc(-n3c4cc(-c5cccc6c7ccccc7n(-c7ccc(-c8ccccc8)cc7)c56)ccc4c4cccnc43)cc2)cc1.c1ccc(-c2ccc(-n3c4cc(-c5cccc6c7ccccc7n(-c7cccc(-c8ccccc8)c7)c56)ccc4c4cccnc43)cc2)cc1.c1ccc(-c2cccc(-n3c4cc(-c5cccc6c7ccccc7n(-c7cccc(-c8ccccc8)c7)c56)ccc4c4cccnc43)c2)cc1. The Kier molecular flexibility index (Phi) is 21.8. The van der Waals surface area contributed by atoms with Crippen molar-refractivity contribution in [1.29, 1.82) is 0 Å². The van der Waals surface area contributed by atoms with Crippen LogP contribution in [0, 0.1) is 0 Å². The highest BCUT2D eigenvalue weighted by Gasteiger charge is 2.26. The van der Waals surface area contributed by atoms with Crippen LogP contribution in [0.1, 0.15) is 0 Å². The second-order valence-electron chi connectivity index (χ2n) is 38.5. The summed E-state index contributed by atoms with van der Waals surface area (Å²) in [6.07, 6.45) is 5.67. The van der Waals surface area contributed by atoms with E-state index < -0.39 is 0 Å².